The molecule has 1 rings (SSSR count). The van der Waals surface area contributed by atoms with Crippen LogP contribution in [-0.4, -0.2) is 24.5 Å². The Morgan fingerprint density at radius 3 is 2.64 bits per heavy atom. The van der Waals surface area contributed by atoms with Crippen molar-refractivity contribution in [2.75, 3.05) is 7.11 Å². The molecule has 0 heterocycles. The number of hydrogen-bond acceptors (Lipinski definition) is 3. The Bertz CT molecular complexity index is 387. The van der Waals surface area contributed by atoms with Crippen molar-refractivity contribution in [2.24, 2.45) is 0 Å². The van der Waals surface area contributed by atoms with Crippen molar-refractivity contribution in [3.8, 4) is 5.75 Å². The highest BCUT2D eigenvalue weighted by Crippen LogP contribution is 2.25. The van der Waals surface area contributed by atoms with Crippen LogP contribution in [0.3, 0.4) is 0 Å². The van der Waals surface area contributed by atoms with Crippen molar-refractivity contribution in [2.45, 2.75) is 0 Å². The number of carboxylic acids is 1. The summed E-state index contributed by atoms with van der Waals surface area (Å²) >= 11 is 0. The number of aldehydes is 1. The number of carboxylic acid groups (broad SMARTS) is 1. The van der Waals surface area contributed by atoms with Crippen molar-refractivity contribution in [1.82, 2.24) is 0 Å². The quantitative estimate of drug-likeness (QED) is 0.744. The molecule has 0 atom stereocenters. The molecule has 0 saturated carbocycles. The molecule has 0 aliphatic carbocycles. The Balaban J connectivity index is 3.51. The van der Waals surface area contributed by atoms with E-state index in [1.807, 2.05) is 0 Å². The topological polar surface area (TPSA) is 63.6 Å². The van der Waals surface area contributed by atoms with Gasteiger partial charge in [-0.25, -0.2) is 9.18 Å². The van der Waals surface area contributed by atoms with E-state index in [1.54, 1.807) is 0 Å². The Morgan fingerprint density at radius 2 is 2.21 bits per heavy atom. The Morgan fingerprint density at radius 1 is 1.57 bits per heavy atom. The summed E-state index contributed by atoms with van der Waals surface area (Å²) in [6.45, 7) is 0. The van der Waals surface area contributed by atoms with E-state index in [4.69, 9.17) is 5.11 Å². The van der Waals surface area contributed by atoms with Crippen molar-refractivity contribution >= 4 is 12.3 Å². The van der Waals surface area contributed by atoms with E-state index in [-0.39, 0.29) is 5.56 Å². The van der Waals surface area contributed by atoms with Gasteiger partial charge in [-0.1, -0.05) is 0 Å². The molecule has 74 valence electrons. The second kappa shape index (κ2) is 3.87. The van der Waals surface area contributed by atoms with Gasteiger partial charge in [-0.05, 0) is 12.1 Å². The maximum atomic E-state index is 13.0. The Hall–Kier alpha value is -1.91. The van der Waals surface area contributed by atoms with Crippen LogP contribution in [0, 0.1) is 5.82 Å². The molecule has 0 spiro atoms. The van der Waals surface area contributed by atoms with Crippen LogP contribution in [0.15, 0.2) is 12.1 Å². The van der Waals surface area contributed by atoms with Gasteiger partial charge in [0.15, 0.2) is 17.9 Å². The van der Waals surface area contributed by atoms with Crippen LogP contribution >= 0.6 is 0 Å². The number of halogens is 1. The summed E-state index contributed by atoms with van der Waals surface area (Å²) in [6, 6.07) is 2.07. The van der Waals surface area contributed by atoms with Gasteiger partial charge in [-0.15, -0.1) is 0 Å². The zero-order valence-electron chi connectivity index (χ0n) is 7.28. The molecule has 1 N–H and O–H groups in total. The van der Waals surface area contributed by atoms with Gasteiger partial charge in [0.05, 0.1) is 7.11 Å². The van der Waals surface area contributed by atoms with Crippen LogP contribution in [0.4, 0.5) is 4.39 Å². The molecule has 1 aromatic carbocycles. The summed E-state index contributed by atoms with van der Waals surface area (Å²) in [6.07, 6.45) is 0.339. The number of rotatable bonds is 3. The van der Waals surface area contributed by atoms with E-state index in [0.717, 1.165) is 19.2 Å². The minimum absolute atomic E-state index is 0.115. The molecule has 0 saturated heterocycles. The summed E-state index contributed by atoms with van der Waals surface area (Å²) in [5.41, 5.74) is -0.571. The first kappa shape index (κ1) is 10.2. The number of carbonyl (C=O) groups excluding carboxylic acids is 1. The molecule has 0 aliphatic heterocycles. The number of hydrogen-bond donors (Lipinski definition) is 1. The maximum absolute atomic E-state index is 13.0. The van der Waals surface area contributed by atoms with E-state index in [9.17, 15) is 14.0 Å². The van der Waals surface area contributed by atoms with Crippen LogP contribution in [-0.2, 0) is 0 Å². The Labute approximate surface area is 78.9 Å². The first-order valence-corrected chi connectivity index (χ1v) is 3.66. The summed E-state index contributed by atoms with van der Waals surface area (Å²) in [5, 5.41) is 8.73. The van der Waals surface area contributed by atoms with Crippen molar-refractivity contribution in [1.29, 1.82) is 0 Å². The average Bonchev–Trinajstić information content (AvgIpc) is 2.17. The van der Waals surface area contributed by atoms with E-state index in [2.05, 4.69) is 4.74 Å². The second-order valence-corrected chi connectivity index (χ2v) is 2.47. The van der Waals surface area contributed by atoms with Gasteiger partial charge in [-0.3, -0.25) is 4.79 Å². The van der Waals surface area contributed by atoms with Crippen molar-refractivity contribution < 1.29 is 23.8 Å². The van der Waals surface area contributed by atoms with Gasteiger partial charge < -0.3 is 9.84 Å². The zero-order chi connectivity index (χ0) is 10.7. The molecule has 0 radical (unpaired) electrons. The smallest absolute Gasteiger partial charge is 0.340 e. The molecule has 0 aliphatic rings. The van der Waals surface area contributed by atoms with Gasteiger partial charge >= 0.3 is 5.97 Å². The largest absolute Gasteiger partial charge is 0.493 e. The molecule has 0 aromatic heterocycles. The van der Waals surface area contributed by atoms with Gasteiger partial charge in [0.25, 0.3) is 0 Å². The van der Waals surface area contributed by atoms with Crippen molar-refractivity contribution in [3.05, 3.63) is 29.1 Å². The molecule has 4 nitrogen and oxygen atoms in total. The average molecular weight is 198 g/mol. The lowest BCUT2D eigenvalue weighted by Gasteiger charge is -2.07. The van der Waals surface area contributed by atoms with E-state index in [0.29, 0.717) is 6.29 Å². The molecular weight excluding hydrogens is 191 g/mol. The number of methoxy groups -OCH3 is 1. The van der Waals surface area contributed by atoms with Crippen LogP contribution in [0.25, 0.3) is 0 Å². The predicted molar refractivity (Wildman–Crippen MR) is 45.3 cm³/mol. The van der Waals surface area contributed by atoms with Gasteiger partial charge in [0, 0.05) is 5.56 Å². The number of ether oxygens (including phenoxy) is 1. The molecule has 1 aromatic rings. The third kappa shape index (κ3) is 1.56. The fourth-order valence-corrected chi connectivity index (χ4v) is 1.09. The lowest BCUT2D eigenvalue weighted by molar-refractivity contribution is 0.0689. The van der Waals surface area contributed by atoms with E-state index < -0.39 is 23.1 Å². The lowest BCUT2D eigenvalue weighted by atomic mass is 10.1. The number of aromatic carboxylic acids is 1. The van der Waals surface area contributed by atoms with E-state index in [1.165, 1.54) is 0 Å². The van der Waals surface area contributed by atoms with Crippen LogP contribution in [0.5, 0.6) is 5.75 Å². The fraction of sp³-hybridized carbons (Fsp3) is 0.111. The number of benzene rings is 1. The third-order valence-corrected chi connectivity index (χ3v) is 1.69. The first-order valence-electron chi connectivity index (χ1n) is 3.66. The third-order valence-electron chi connectivity index (χ3n) is 1.69. The SMILES string of the molecule is COc1c(F)ccc(C=O)c1C(=O)O. The van der Waals surface area contributed by atoms with E-state index >= 15 is 0 Å². The van der Waals surface area contributed by atoms with Crippen molar-refractivity contribution in [3.63, 3.8) is 0 Å². The molecular formula is C9H7FO4. The lowest BCUT2D eigenvalue weighted by Crippen LogP contribution is -2.06. The molecule has 14 heavy (non-hydrogen) atoms. The molecule has 0 bridgehead atoms. The standard InChI is InChI=1S/C9H7FO4/c1-14-8-6(10)3-2-5(4-11)7(8)9(12)13/h2-4H,1H3,(H,12,13). The molecule has 0 fully saturated rings. The molecule has 5 heteroatoms. The maximum Gasteiger partial charge on any atom is 0.340 e. The summed E-state index contributed by atoms with van der Waals surface area (Å²) in [7, 11) is 1.14. The van der Waals surface area contributed by atoms with Crippen LogP contribution < -0.4 is 4.74 Å². The zero-order valence-corrected chi connectivity index (χ0v) is 7.28. The Kier molecular flexibility index (Phi) is 2.81. The summed E-state index contributed by atoms with van der Waals surface area (Å²) < 4.78 is 17.6. The first-order chi connectivity index (χ1) is 6.61. The monoisotopic (exact) mass is 198 g/mol. The van der Waals surface area contributed by atoms with Crippen LogP contribution in [0.1, 0.15) is 20.7 Å². The van der Waals surface area contributed by atoms with Gasteiger partial charge in [0.1, 0.15) is 5.56 Å². The summed E-state index contributed by atoms with van der Waals surface area (Å²) in [5.74, 6) is -2.64. The number of carbonyl (C=O) groups is 2. The minimum Gasteiger partial charge on any atom is -0.493 e. The normalized spacial score (nSPS) is 9.57. The predicted octanol–water partition coefficient (Wildman–Crippen LogP) is 1.35. The van der Waals surface area contributed by atoms with Crippen LogP contribution in [0.2, 0.25) is 0 Å². The molecule has 0 amide bonds. The summed E-state index contributed by atoms with van der Waals surface area (Å²) in [4.78, 5) is 21.2. The second-order valence-electron chi connectivity index (χ2n) is 2.47. The highest BCUT2D eigenvalue weighted by atomic mass is 19.1. The minimum atomic E-state index is -1.40. The van der Waals surface area contributed by atoms with Gasteiger partial charge in [-0.2, -0.15) is 0 Å². The highest BCUT2D eigenvalue weighted by molar-refractivity contribution is 5.99. The van der Waals surface area contributed by atoms with Gasteiger partial charge in [0.2, 0.25) is 0 Å². The molecule has 0 unspecified atom stereocenters. The highest BCUT2D eigenvalue weighted by Gasteiger charge is 2.19. The fourth-order valence-electron chi connectivity index (χ4n) is 1.09.